The van der Waals surface area contributed by atoms with Crippen LogP contribution in [0.25, 0.3) is 0 Å². The normalized spacial score (nSPS) is 22.1. The van der Waals surface area contributed by atoms with Crippen molar-refractivity contribution in [3.8, 4) is 0 Å². The average molecular weight is 728 g/mol. The number of ether oxygens (including phenoxy) is 2. The molecule has 0 spiro atoms. The van der Waals surface area contributed by atoms with Crippen LogP contribution < -0.4 is 5.32 Å². The molecule has 1 heterocycles. The number of rotatable bonds is 35. The van der Waals surface area contributed by atoms with Crippen molar-refractivity contribution in [2.24, 2.45) is 0 Å². The third-order valence-electron chi connectivity index (χ3n) is 10.4. The van der Waals surface area contributed by atoms with Gasteiger partial charge in [-0.3, -0.25) is 4.79 Å². The fourth-order valence-corrected chi connectivity index (χ4v) is 6.86. The summed E-state index contributed by atoms with van der Waals surface area (Å²) < 4.78 is 11.2. The van der Waals surface area contributed by atoms with Crippen molar-refractivity contribution < 1.29 is 39.8 Å². The zero-order valence-electron chi connectivity index (χ0n) is 32.9. The molecule has 9 nitrogen and oxygen atoms in total. The van der Waals surface area contributed by atoms with Crippen LogP contribution in [0.4, 0.5) is 0 Å². The van der Waals surface area contributed by atoms with E-state index in [1.165, 1.54) is 116 Å². The Hall–Kier alpha value is -1.07. The Balaban J connectivity index is 2.38. The highest BCUT2D eigenvalue weighted by Crippen LogP contribution is 2.23. The van der Waals surface area contributed by atoms with Crippen molar-refractivity contribution in [3.63, 3.8) is 0 Å². The molecule has 7 atom stereocenters. The molecule has 1 rings (SSSR count). The average Bonchev–Trinajstić information content (AvgIpc) is 3.13. The zero-order chi connectivity index (χ0) is 37.4. The molecule has 9 heteroatoms. The lowest BCUT2D eigenvalue weighted by Crippen LogP contribution is -2.60. The lowest BCUT2D eigenvalue weighted by atomic mass is 9.99. The molecule has 1 amide bonds. The third kappa shape index (κ3) is 24.8. The quantitative estimate of drug-likeness (QED) is 0.0283. The first-order valence-electron chi connectivity index (χ1n) is 21.4. The largest absolute Gasteiger partial charge is 0.394 e. The molecule has 51 heavy (non-hydrogen) atoms. The summed E-state index contributed by atoms with van der Waals surface area (Å²) in [7, 11) is 0. The van der Waals surface area contributed by atoms with Gasteiger partial charge in [0, 0.05) is 6.42 Å². The van der Waals surface area contributed by atoms with E-state index in [0.717, 1.165) is 51.4 Å². The van der Waals surface area contributed by atoms with E-state index in [0.29, 0.717) is 12.8 Å². The second kappa shape index (κ2) is 33.5. The summed E-state index contributed by atoms with van der Waals surface area (Å²) in [4.78, 5) is 12.9. The number of carbonyl (C=O) groups excluding carboxylic acids is 1. The predicted molar refractivity (Wildman–Crippen MR) is 207 cm³/mol. The summed E-state index contributed by atoms with van der Waals surface area (Å²) in [5, 5.41) is 54.2. The molecule has 1 aliphatic heterocycles. The number of carbonyl (C=O) groups is 1. The first-order chi connectivity index (χ1) is 24.8. The maximum Gasteiger partial charge on any atom is 0.220 e. The van der Waals surface area contributed by atoms with Crippen LogP contribution in [0.3, 0.4) is 0 Å². The lowest BCUT2D eigenvalue weighted by molar-refractivity contribution is -0.302. The van der Waals surface area contributed by atoms with Gasteiger partial charge in [0.2, 0.25) is 5.91 Å². The second-order valence-electron chi connectivity index (χ2n) is 15.1. The summed E-state index contributed by atoms with van der Waals surface area (Å²) in [6, 6.07) is -0.717. The van der Waals surface area contributed by atoms with E-state index in [1.807, 2.05) is 0 Å². The topological polar surface area (TPSA) is 149 Å². The molecule has 1 saturated heterocycles. The Labute approximate surface area is 312 Å². The Morgan fingerprint density at radius 1 is 0.647 bits per heavy atom. The van der Waals surface area contributed by atoms with E-state index in [2.05, 4.69) is 31.3 Å². The third-order valence-corrected chi connectivity index (χ3v) is 10.4. The number of allylic oxidation sites excluding steroid dienone is 2. The van der Waals surface area contributed by atoms with Crippen molar-refractivity contribution in [2.45, 2.75) is 236 Å². The molecule has 0 radical (unpaired) electrons. The van der Waals surface area contributed by atoms with Crippen LogP contribution in [-0.2, 0) is 14.3 Å². The van der Waals surface area contributed by atoms with Gasteiger partial charge in [0.15, 0.2) is 6.29 Å². The van der Waals surface area contributed by atoms with Crippen LogP contribution >= 0.6 is 0 Å². The molecular weight excluding hydrogens is 646 g/mol. The van der Waals surface area contributed by atoms with Crippen molar-refractivity contribution in [2.75, 3.05) is 13.2 Å². The Kier molecular flexibility index (Phi) is 31.5. The molecule has 2 unspecified atom stereocenters. The van der Waals surface area contributed by atoms with Crippen LogP contribution in [-0.4, -0.2) is 87.5 Å². The van der Waals surface area contributed by atoms with Gasteiger partial charge < -0.3 is 40.3 Å². The predicted octanol–water partition coefficient (Wildman–Crippen LogP) is 8.17. The van der Waals surface area contributed by atoms with Crippen LogP contribution in [0.2, 0.25) is 0 Å². The van der Waals surface area contributed by atoms with Gasteiger partial charge >= 0.3 is 0 Å². The first-order valence-corrected chi connectivity index (χ1v) is 21.4. The van der Waals surface area contributed by atoms with Gasteiger partial charge in [0.25, 0.3) is 0 Å². The Morgan fingerprint density at radius 3 is 1.59 bits per heavy atom. The van der Waals surface area contributed by atoms with Gasteiger partial charge in [-0.2, -0.15) is 0 Å². The van der Waals surface area contributed by atoms with Gasteiger partial charge in [-0.25, -0.2) is 0 Å². The molecule has 0 bridgehead atoms. The van der Waals surface area contributed by atoms with Gasteiger partial charge in [-0.05, 0) is 38.5 Å². The Morgan fingerprint density at radius 2 is 1.10 bits per heavy atom. The second-order valence-corrected chi connectivity index (χ2v) is 15.1. The van der Waals surface area contributed by atoms with Gasteiger partial charge in [0.1, 0.15) is 24.4 Å². The van der Waals surface area contributed by atoms with E-state index in [-0.39, 0.29) is 12.5 Å². The number of nitrogens with one attached hydrogen (secondary N) is 1. The maximum absolute atomic E-state index is 12.9. The first kappa shape index (κ1) is 48.0. The fraction of sp³-hybridized carbons (Fsp3) is 0.929. The molecule has 0 aromatic heterocycles. The molecule has 0 aromatic carbocycles. The van der Waals surface area contributed by atoms with E-state index >= 15 is 0 Å². The highest BCUT2D eigenvalue weighted by atomic mass is 16.7. The van der Waals surface area contributed by atoms with Gasteiger partial charge in [-0.1, -0.05) is 161 Å². The molecule has 0 saturated carbocycles. The monoisotopic (exact) mass is 728 g/mol. The highest BCUT2D eigenvalue weighted by molar-refractivity contribution is 5.76. The number of amides is 1. The van der Waals surface area contributed by atoms with Crippen LogP contribution in [0, 0.1) is 0 Å². The minimum Gasteiger partial charge on any atom is -0.394 e. The standard InChI is InChI=1S/C42H81NO8/c1-3-5-7-9-11-13-15-17-18-20-22-24-26-28-30-32-38(46)43-35(34-50-42-41(49)40(48)39(47)37(33-44)51-42)36(45)31-29-27-25-23-21-19-16-14-12-10-8-6-4-2/h17-18,35-37,39-42,44-45,47-49H,3-16,19-34H2,1-2H3,(H,43,46)/b18-17+/t35-,36+,37-,39-,40?,41?,42-/m0/s1. The van der Waals surface area contributed by atoms with Crippen molar-refractivity contribution in [3.05, 3.63) is 12.2 Å². The SMILES string of the molecule is CCCCCCCC/C=C/CCCCCCCC(=O)N[C@@H](CO[C@H]1O[C@@H](CO)[C@H](O)C(O)C1O)[C@H](O)CCCCCCCCCCCCCCC. The smallest absolute Gasteiger partial charge is 0.220 e. The van der Waals surface area contributed by atoms with Crippen LogP contribution in [0.15, 0.2) is 12.2 Å². The van der Waals surface area contributed by atoms with E-state index < -0.39 is 49.5 Å². The highest BCUT2D eigenvalue weighted by Gasteiger charge is 2.44. The number of hydrogen-bond donors (Lipinski definition) is 6. The number of unbranched alkanes of at least 4 members (excludes halogenated alkanes) is 23. The molecular formula is C42H81NO8. The molecule has 0 aromatic rings. The van der Waals surface area contributed by atoms with E-state index in [1.54, 1.807) is 0 Å². The molecule has 302 valence electrons. The summed E-state index contributed by atoms with van der Waals surface area (Å²) in [6.07, 6.45) is 29.2. The van der Waals surface area contributed by atoms with Crippen LogP contribution in [0.5, 0.6) is 0 Å². The summed E-state index contributed by atoms with van der Waals surface area (Å²) in [6.45, 7) is 3.81. The zero-order valence-corrected chi connectivity index (χ0v) is 32.9. The van der Waals surface area contributed by atoms with E-state index in [9.17, 15) is 30.3 Å². The van der Waals surface area contributed by atoms with Crippen molar-refractivity contribution in [1.29, 1.82) is 0 Å². The fourth-order valence-electron chi connectivity index (χ4n) is 6.86. The molecule has 6 N–H and O–H groups in total. The number of aliphatic hydroxyl groups excluding tert-OH is 5. The molecule has 0 aliphatic carbocycles. The summed E-state index contributed by atoms with van der Waals surface area (Å²) in [5.41, 5.74) is 0. The lowest BCUT2D eigenvalue weighted by Gasteiger charge is -2.40. The minimum absolute atomic E-state index is 0.138. The molecule has 1 aliphatic rings. The van der Waals surface area contributed by atoms with E-state index in [4.69, 9.17) is 9.47 Å². The Bertz CT molecular complexity index is 812. The van der Waals surface area contributed by atoms with Gasteiger partial charge in [0.05, 0.1) is 25.4 Å². The molecule has 1 fully saturated rings. The minimum atomic E-state index is -1.55. The summed E-state index contributed by atoms with van der Waals surface area (Å²) >= 11 is 0. The van der Waals surface area contributed by atoms with Crippen molar-refractivity contribution >= 4 is 5.91 Å². The summed E-state index contributed by atoms with van der Waals surface area (Å²) in [5.74, 6) is -0.153. The number of aliphatic hydroxyl groups is 5. The van der Waals surface area contributed by atoms with Crippen LogP contribution in [0.1, 0.15) is 194 Å². The van der Waals surface area contributed by atoms with Crippen molar-refractivity contribution in [1.82, 2.24) is 5.32 Å². The number of hydrogen-bond acceptors (Lipinski definition) is 8. The van der Waals surface area contributed by atoms with Gasteiger partial charge in [-0.15, -0.1) is 0 Å². The maximum atomic E-state index is 12.9.